The summed E-state index contributed by atoms with van der Waals surface area (Å²) in [5, 5.41) is 23.0. The van der Waals surface area contributed by atoms with E-state index in [-0.39, 0.29) is 64.2 Å². The van der Waals surface area contributed by atoms with Gasteiger partial charge in [0.2, 0.25) is 5.91 Å². The number of hydrogen-bond acceptors (Lipinski definition) is 18. The fourth-order valence-electron chi connectivity index (χ4n) is 5.72. The van der Waals surface area contributed by atoms with Crippen molar-refractivity contribution in [2.24, 2.45) is 0 Å². The van der Waals surface area contributed by atoms with Crippen LogP contribution in [0.1, 0.15) is 72.7 Å². The Hall–Kier alpha value is -4.96. The summed E-state index contributed by atoms with van der Waals surface area (Å²) < 4.78 is 32.0. The lowest BCUT2D eigenvalue weighted by molar-refractivity contribution is -0.385. The Morgan fingerprint density at radius 1 is 0.656 bits per heavy atom. The van der Waals surface area contributed by atoms with Crippen LogP contribution in [0.25, 0.3) is 0 Å². The molecule has 1 aromatic rings. The van der Waals surface area contributed by atoms with Crippen LogP contribution in [0.5, 0.6) is 5.75 Å². The van der Waals surface area contributed by atoms with Crippen molar-refractivity contribution in [1.29, 1.82) is 0 Å². The van der Waals surface area contributed by atoms with Crippen molar-refractivity contribution < 1.29 is 67.2 Å². The Morgan fingerprint density at radius 3 is 1.44 bits per heavy atom. The first-order valence-corrected chi connectivity index (χ1v) is 20.0. The van der Waals surface area contributed by atoms with E-state index in [0.29, 0.717) is 52.4 Å². The Morgan fingerprint density at radius 2 is 1.07 bits per heavy atom. The quantitative estimate of drug-likeness (QED) is 0.0569. The Balaban J connectivity index is 2.03. The van der Waals surface area contributed by atoms with E-state index in [1.165, 1.54) is 0 Å². The smallest absolute Gasteiger partial charge is 0.477 e. The molecule has 21 heteroatoms. The van der Waals surface area contributed by atoms with Gasteiger partial charge in [0.05, 0.1) is 44.3 Å². The highest BCUT2D eigenvalue weighted by molar-refractivity contribution is 5.93. The van der Waals surface area contributed by atoms with E-state index >= 15 is 0 Å². The third-order valence-corrected chi connectivity index (χ3v) is 8.23. The normalized spacial score (nSPS) is 15.7. The molecule has 2 N–H and O–H groups in total. The van der Waals surface area contributed by atoms with Crippen molar-refractivity contribution in [1.82, 2.24) is 24.9 Å². The molecular weight excluding hydrogens is 804 g/mol. The second-order valence-electron chi connectivity index (χ2n) is 17.3. The topological polar surface area (TPSA) is 246 Å². The lowest BCUT2D eigenvalue weighted by Gasteiger charge is -2.34. The number of nitro groups is 1. The second kappa shape index (κ2) is 24.5. The number of nitrogens with zero attached hydrogens (tertiary/aromatic N) is 5. The Labute approximate surface area is 357 Å². The van der Waals surface area contributed by atoms with Crippen LogP contribution in [0.3, 0.4) is 0 Å². The van der Waals surface area contributed by atoms with Crippen LogP contribution in [0.2, 0.25) is 0 Å². The van der Waals surface area contributed by atoms with Gasteiger partial charge in [-0.05, 0) is 68.4 Å². The minimum atomic E-state index is -1.57. The lowest BCUT2D eigenvalue weighted by Crippen LogP contribution is -2.50. The molecule has 2 rings (SSSR count). The molecule has 1 aliphatic rings. The predicted octanol–water partition coefficient (Wildman–Crippen LogP) is 2.19. The van der Waals surface area contributed by atoms with Gasteiger partial charge in [0.1, 0.15) is 34.7 Å². The van der Waals surface area contributed by atoms with Crippen molar-refractivity contribution in [3.8, 4) is 5.75 Å². The zero-order chi connectivity index (χ0) is 46.0. The number of ether oxygens (including phenoxy) is 6. The highest BCUT2D eigenvalue weighted by atomic mass is 16.7. The number of rotatable bonds is 17. The van der Waals surface area contributed by atoms with Crippen molar-refractivity contribution in [3.05, 3.63) is 33.9 Å². The van der Waals surface area contributed by atoms with Gasteiger partial charge >= 0.3 is 30.0 Å². The number of carbonyl (C=O) groups is 6. The van der Waals surface area contributed by atoms with E-state index in [1.807, 2.05) is 19.6 Å². The summed E-state index contributed by atoms with van der Waals surface area (Å²) in [6.45, 7) is 19.1. The average molecular weight is 869 g/mol. The molecule has 1 aliphatic heterocycles. The van der Waals surface area contributed by atoms with E-state index < -0.39 is 63.0 Å². The van der Waals surface area contributed by atoms with E-state index in [1.54, 1.807) is 62.3 Å². The average Bonchev–Trinajstić information content (AvgIpc) is 3.09. The van der Waals surface area contributed by atoms with Gasteiger partial charge in [-0.1, -0.05) is 0 Å². The molecule has 0 spiro atoms. The van der Waals surface area contributed by atoms with Gasteiger partial charge < -0.3 is 38.8 Å². The summed E-state index contributed by atoms with van der Waals surface area (Å²) in [5.41, 5.74) is -3.38. The number of esters is 3. The van der Waals surface area contributed by atoms with E-state index in [2.05, 4.69) is 5.32 Å². The maximum Gasteiger partial charge on any atom is 0.513 e. The summed E-state index contributed by atoms with van der Waals surface area (Å²) in [5.74, 6) is -3.35. The molecule has 0 unspecified atom stereocenters. The van der Waals surface area contributed by atoms with Gasteiger partial charge in [0.15, 0.2) is 0 Å². The van der Waals surface area contributed by atoms with Crippen LogP contribution >= 0.6 is 0 Å². The first-order valence-electron chi connectivity index (χ1n) is 20.0. The minimum absolute atomic E-state index is 0.00743. The summed E-state index contributed by atoms with van der Waals surface area (Å²) in [7, 11) is 0. The Kier molecular flexibility index (Phi) is 20.9. The van der Waals surface area contributed by atoms with Crippen molar-refractivity contribution >= 4 is 41.6 Å². The van der Waals surface area contributed by atoms with Gasteiger partial charge in [-0.25, -0.2) is 9.59 Å². The number of amides is 1. The van der Waals surface area contributed by atoms with Gasteiger partial charge in [-0.3, -0.25) is 48.9 Å². The molecule has 0 aliphatic carbocycles. The van der Waals surface area contributed by atoms with Gasteiger partial charge in [-0.2, -0.15) is 0 Å². The molecule has 0 atom stereocenters. The first-order chi connectivity index (χ1) is 28.3. The fourth-order valence-corrected chi connectivity index (χ4v) is 5.72. The maximum absolute atomic E-state index is 13.1. The lowest BCUT2D eigenvalue weighted by atomic mass is 10.2. The maximum atomic E-state index is 13.1. The summed E-state index contributed by atoms with van der Waals surface area (Å²) in [4.78, 5) is 93.2. The van der Waals surface area contributed by atoms with Gasteiger partial charge in [-0.15, -0.1) is 0 Å². The number of carboxylic acid groups (broad SMARTS) is 1. The molecule has 344 valence electrons. The van der Waals surface area contributed by atoms with Crippen LogP contribution in [0.15, 0.2) is 18.2 Å². The number of hydrogen-bond donors (Lipinski definition) is 2. The second-order valence-corrected chi connectivity index (χ2v) is 17.3. The van der Waals surface area contributed by atoms with E-state index in [4.69, 9.17) is 28.4 Å². The number of aromatic carboxylic acids is 1. The van der Waals surface area contributed by atoms with Crippen LogP contribution < -0.4 is 10.1 Å². The van der Waals surface area contributed by atoms with Crippen LogP contribution in [0, 0.1) is 10.1 Å². The van der Waals surface area contributed by atoms with E-state index in [9.17, 15) is 44.0 Å². The number of nitrogens with one attached hydrogen (secondary N) is 1. The molecule has 1 fully saturated rings. The van der Waals surface area contributed by atoms with E-state index in [0.717, 1.165) is 18.2 Å². The molecular formula is C40H64N6O15. The zero-order valence-corrected chi connectivity index (χ0v) is 36.9. The van der Waals surface area contributed by atoms with Crippen LogP contribution in [0.4, 0.5) is 10.5 Å². The number of nitro benzene ring substituents is 1. The van der Waals surface area contributed by atoms with Crippen LogP contribution in [-0.2, 0) is 42.9 Å². The third kappa shape index (κ3) is 23.6. The number of carboxylic acids is 1. The molecule has 0 radical (unpaired) electrons. The molecule has 21 nitrogen and oxygen atoms in total. The highest BCUT2D eigenvalue weighted by Gasteiger charge is 2.26. The highest BCUT2D eigenvalue weighted by Crippen LogP contribution is 2.24. The summed E-state index contributed by atoms with van der Waals surface area (Å²) in [6.07, 6.45) is -1.18. The minimum Gasteiger partial charge on any atom is -0.477 e. The fraction of sp³-hybridized carbons (Fsp3) is 0.700. The predicted molar refractivity (Wildman–Crippen MR) is 219 cm³/mol. The summed E-state index contributed by atoms with van der Waals surface area (Å²) >= 11 is 0. The van der Waals surface area contributed by atoms with Crippen molar-refractivity contribution in [2.75, 3.05) is 105 Å². The molecule has 1 amide bonds. The molecule has 0 bridgehead atoms. The third-order valence-electron chi connectivity index (χ3n) is 8.23. The molecule has 1 saturated heterocycles. The molecule has 61 heavy (non-hydrogen) atoms. The number of benzene rings is 1. The standard InChI is InChI=1S/C40H64N6O15/c1-38(2,3)59-33(48)26-43-15-13-42(14-16-44(27-34(49)60-39(4,5)6)18-20-45(19-17-43)28-35(50)61-40(7,8)9)25-32(47)41-12-21-56-22-23-57-37(53)58-29-10-11-31(46(54)55)30(24-29)36(51)52/h10-11,24H,12-23,25-28H2,1-9H3,(H,41,47)(H,51,52). The molecule has 1 heterocycles. The molecule has 1 aromatic carbocycles. The van der Waals surface area contributed by atoms with Crippen molar-refractivity contribution in [3.63, 3.8) is 0 Å². The molecule has 0 aromatic heterocycles. The monoisotopic (exact) mass is 868 g/mol. The van der Waals surface area contributed by atoms with Crippen molar-refractivity contribution in [2.45, 2.75) is 79.1 Å². The zero-order valence-electron chi connectivity index (χ0n) is 36.9. The Bertz CT molecular complexity index is 1610. The first kappa shape index (κ1) is 52.2. The summed E-state index contributed by atoms with van der Waals surface area (Å²) in [6, 6.07) is 2.80. The largest absolute Gasteiger partial charge is 0.513 e. The van der Waals surface area contributed by atoms with Crippen LogP contribution in [-0.4, -0.2) is 187 Å². The SMILES string of the molecule is CC(C)(C)OC(=O)CN1CCN(CC(=O)NCCOCCOC(=O)Oc2ccc([N+](=O)[O-])c(C(=O)O)c2)CCN(CC(=O)OC(C)(C)C)CCN(CC(=O)OC(C)(C)C)CC1. The number of carbonyl (C=O) groups excluding carboxylic acids is 5. The van der Waals surface area contributed by atoms with Gasteiger partial charge in [0, 0.05) is 71.0 Å². The molecule has 0 saturated carbocycles. The van der Waals surface area contributed by atoms with Gasteiger partial charge in [0.25, 0.3) is 5.69 Å².